The molecule has 1 aromatic heterocycles. The Kier molecular flexibility index (Phi) is 6.14. The molecule has 142 valence electrons. The monoisotopic (exact) mass is 384 g/mol. The molecule has 0 spiro atoms. The predicted octanol–water partition coefficient (Wildman–Crippen LogP) is 2.90. The van der Waals surface area contributed by atoms with Gasteiger partial charge in [-0.3, -0.25) is 9.48 Å². The maximum Gasteiger partial charge on any atom is 0.248 e. The van der Waals surface area contributed by atoms with Gasteiger partial charge in [0.05, 0.1) is 0 Å². The first-order valence-corrected chi connectivity index (χ1v) is 9.25. The van der Waals surface area contributed by atoms with Gasteiger partial charge in [0, 0.05) is 18.9 Å². The fourth-order valence-electron chi connectivity index (χ4n) is 3.80. The molecule has 0 atom stereocenters. The summed E-state index contributed by atoms with van der Waals surface area (Å²) in [6.45, 7) is 2.30. The van der Waals surface area contributed by atoms with Crippen LogP contribution in [0.15, 0.2) is 60.9 Å². The van der Waals surface area contributed by atoms with Gasteiger partial charge in [-0.25, -0.2) is 0 Å². The van der Waals surface area contributed by atoms with Gasteiger partial charge in [0.1, 0.15) is 5.54 Å². The van der Waals surface area contributed by atoms with Crippen LogP contribution in [0, 0.1) is 0 Å². The van der Waals surface area contributed by atoms with Gasteiger partial charge >= 0.3 is 0 Å². The molecule has 0 unspecified atom stereocenters. The molecule has 1 saturated heterocycles. The third kappa shape index (κ3) is 3.99. The molecule has 5 nitrogen and oxygen atoms in total. The Morgan fingerprint density at radius 1 is 1.11 bits per heavy atom. The normalized spacial score (nSPS) is 15.9. The SMILES string of the molecule is Cl.O=C(NCCc1ccc2ccccc2c1)C1(n2cccn2)CCNCC1. The molecule has 4 rings (SSSR count). The summed E-state index contributed by atoms with van der Waals surface area (Å²) in [7, 11) is 0. The van der Waals surface area contributed by atoms with Crippen LogP contribution in [0.4, 0.5) is 0 Å². The number of amides is 1. The molecule has 1 fully saturated rings. The minimum atomic E-state index is -0.571. The van der Waals surface area contributed by atoms with Crippen LogP contribution < -0.4 is 10.6 Å². The molecule has 0 saturated carbocycles. The number of nitrogens with one attached hydrogen (secondary N) is 2. The largest absolute Gasteiger partial charge is 0.354 e. The van der Waals surface area contributed by atoms with Crippen molar-refractivity contribution in [3.8, 4) is 0 Å². The Labute approximate surface area is 165 Å². The second kappa shape index (κ2) is 8.55. The van der Waals surface area contributed by atoms with Crippen molar-refractivity contribution in [1.82, 2.24) is 20.4 Å². The molecule has 27 heavy (non-hydrogen) atoms. The van der Waals surface area contributed by atoms with Crippen LogP contribution in [0.5, 0.6) is 0 Å². The summed E-state index contributed by atoms with van der Waals surface area (Å²) in [5.41, 5.74) is 0.667. The molecule has 2 aromatic carbocycles. The van der Waals surface area contributed by atoms with Crippen LogP contribution in [0.25, 0.3) is 10.8 Å². The first-order chi connectivity index (χ1) is 12.8. The molecule has 0 bridgehead atoms. The summed E-state index contributed by atoms with van der Waals surface area (Å²) in [5.74, 6) is 0.0727. The van der Waals surface area contributed by atoms with E-state index >= 15 is 0 Å². The summed E-state index contributed by atoms with van der Waals surface area (Å²) in [5, 5.41) is 13.3. The lowest BCUT2D eigenvalue weighted by Gasteiger charge is -2.36. The Morgan fingerprint density at radius 3 is 2.63 bits per heavy atom. The number of benzene rings is 2. The van der Waals surface area contributed by atoms with Crippen molar-refractivity contribution in [3.63, 3.8) is 0 Å². The number of halogens is 1. The minimum absolute atomic E-state index is 0. The van der Waals surface area contributed by atoms with Crippen molar-refractivity contribution in [3.05, 3.63) is 66.5 Å². The molecule has 2 N–H and O–H groups in total. The lowest BCUT2D eigenvalue weighted by Crippen LogP contribution is -2.54. The zero-order valence-corrected chi connectivity index (χ0v) is 16.0. The first kappa shape index (κ1) is 19.4. The number of aromatic nitrogens is 2. The fourth-order valence-corrected chi connectivity index (χ4v) is 3.80. The maximum absolute atomic E-state index is 13.0. The number of carbonyl (C=O) groups is 1. The Bertz CT molecular complexity index is 888. The highest BCUT2D eigenvalue weighted by atomic mass is 35.5. The molecule has 1 aliphatic heterocycles. The van der Waals surface area contributed by atoms with E-state index in [1.165, 1.54) is 16.3 Å². The summed E-state index contributed by atoms with van der Waals surface area (Å²) in [6, 6.07) is 16.7. The molecule has 0 aliphatic carbocycles. The molecule has 1 aliphatic rings. The molecule has 0 radical (unpaired) electrons. The second-order valence-corrected chi connectivity index (χ2v) is 6.92. The summed E-state index contributed by atoms with van der Waals surface area (Å²) in [4.78, 5) is 13.0. The molecule has 1 amide bonds. The average Bonchev–Trinajstić information content (AvgIpc) is 3.24. The van der Waals surface area contributed by atoms with Gasteiger partial charge in [-0.2, -0.15) is 5.10 Å². The number of hydrogen-bond acceptors (Lipinski definition) is 3. The van der Waals surface area contributed by atoms with Crippen molar-refractivity contribution in [1.29, 1.82) is 0 Å². The van der Waals surface area contributed by atoms with Crippen molar-refractivity contribution in [2.45, 2.75) is 24.8 Å². The van der Waals surface area contributed by atoms with E-state index in [4.69, 9.17) is 0 Å². The lowest BCUT2D eigenvalue weighted by atomic mass is 9.87. The Morgan fingerprint density at radius 2 is 1.89 bits per heavy atom. The highest BCUT2D eigenvalue weighted by molar-refractivity contribution is 5.85. The van der Waals surface area contributed by atoms with E-state index in [1.807, 2.05) is 16.9 Å². The smallest absolute Gasteiger partial charge is 0.248 e. The van der Waals surface area contributed by atoms with E-state index in [1.54, 1.807) is 6.20 Å². The van der Waals surface area contributed by atoms with Gasteiger partial charge in [0.25, 0.3) is 0 Å². The lowest BCUT2D eigenvalue weighted by molar-refractivity contribution is -0.131. The number of hydrogen-bond donors (Lipinski definition) is 2. The average molecular weight is 385 g/mol. The Balaban J connectivity index is 0.00000210. The van der Waals surface area contributed by atoms with Crippen LogP contribution in [0.2, 0.25) is 0 Å². The van der Waals surface area contributed by atoms with Gasteiger partial charge in [-0.1, -0.05) is 42.5 Å². The summed E-state index contributed by atoms with van der Waals surface area (Å²) < 4.78 is 1.83. The van der Waals surface area contributed by atoms with Crippen molar-refractivity contribution in [2.24, 2.45) is 0 Å². The van der Waals surface area contributed by atoms with Crippen LogP contribution in [-0.4, -0.2) is 35.3 Å². The van der Waals surface area contributed by atoms with E-state index < -0.39 is 5.54 Å². The standard InChI is InChI=1S/C21H24N4O.ClH/c26-20(21(9-13-22-14-10-21)25-15-3-11-24-25)23-12-8-17-6-7-18-4-1-2-5-19(18)16-17;/h1-7,11,15-16,22H,8-10,12-14H2,(H,23,26);1H. The van der Waals surface area contributed by atoms with E-state index in [9.17, 15) is 4.79 Å². The third-order valence-corrected chi connectivity index (χ3v) is 5.31. The number of rotatable bonds is 5. The highest BCUT2D eigenvalue weighted by Gasteiger charge is 2.41. The summed E-state index contributed by atoms with van der Waals surface area (Å²) >= 11 is 0. The zero-order valence-electron chi connectivity index (χ0n) is 15.2. The van der Waals surface area contributed by atoms with E-state index in [-0.39, 0.29) is 18.3 Å². The molecular weight excluding hydrogens is 360 g/mol. The Hall–Kier alpha value is -2.37. The molecular formula is C21H25ClN4O. The first-order valence-electron chi connectivity index (χ1n) is 9.25. The van der Waals surface area contributed by atoms with Gasteiger partial charge in [0.2, 0.25) is 5.91 Å². The topological polar surface area (TPSA) is 59.0 Å². The predicted molar refractivity (Wildman–Crippen MR) is 110 cm³/mol. The van der Waals surface area contributed by atoms with E-state index in [2.05, 4.69) is 58.2 Å². The fraction of sp³-hybridized carbons (Fsp3) is 0.333. The van der Waals surface area contributed by atoms with Crippen LogP contribution in [0.3, 0.4) is 0 Å². The van der Waals surface area contributed by atoms with Crippen LogP contribution in [-0.2, 0) is 16.8 Å². The maximum atomic E-state index is 13.0. The summed E-state index contributed by atoms with van der Waals surface area (Å²) in [6.07, 6.45) is 5.98. The quantitative estimate of drug-likeness (QED) is 0.711. The molecule has 6 heteroatoms. The number of carbonyl (C=O) groups excluding carboxylic acids is 1. The van der Waals surface area contributed by atoms with Crippen LogP contribution >= 0.6 is 12.4 Å². The second-order valence-electron chi connectivity index (χ2n) is 6.92. The molecule has 3 aromatic rings. The van der Waals surface area contributed by atoms with Gasteiger partial charge in [-0.15, -0.1) is 12.4 Å². The third-order valence-electron chi connectivity index (χ3n) is 5.31. The zero-order chi connectivity index (χ0) is 17.8. The van der Waals surface area contributed by atoms with E-state index in [0.29, 0.717) is 6.54 Å². The van der Waals surface area contributed by atoms with Crippen molar-refractivity contribution >= 4 is 29.1 Å². The van der Waals surface area contributed by atoms with Crippen molar-refractivity contribution in [2.75, 3.05) is 19.6 Å². The van der Waals surface area contributed by atoms with E-state index in [0.717, 1.165) is 32.4 Å². The highest BCUT2D eigenvalue weighted by Crippen LogP contribution is 2.27. The number of nitrogens with zero attached hydrogens (tertiary/aromatic N) is 2. The van der Waals surface area contributed by atoms with Crippen molar-refractivity contribution < 1.29 is 4.79 Å². The minimum Gasteiger partial charge on any atom is -0.354 e. The van der Waals surface area contributed by atoms with Gasteiger partial charge < -0.3 is 10.6 Å². The van der Waals surface area contributed by atoms with Gasteiger partial charge in [-0.05, 0) is 54.8 Å². The molecule has 2 heterocycles. The van der Waals surface area contributed by atoms with Gasteiger partial charge in [0.15, 0.2) is 0 Å². The number of fused-ring (bicyclic) bond motifs is 1. The number of piperidine rings is 1. The van der Waals surface area contributed by atoms with Crippen LogP contribution in [0.1, 0.15) is 18.4 Å².